The zero-order valence-electron chi connectivity index (χ0n) is 10.1. The second-order valence-corrected chi connectivity index (χ2v) is 3.85. The number of aldehydes is 1. The maximum atomic E-state index is 10.3. The highest BCUT2D eigenvalue weighted by Gasteiger charge is 1.98. The standard InChI is InChI=1S/C10H10O3.C3H8O/c11-7-9-3-1-8(2-4-9)5-6-10(12)13;1-3(2)4/h1-4,7H,5-6H2,(H,12,13);3-4H,1-2H3. The van der Waals surface area contributed by atoms with Gasteiger partial charge in [-0.2, -0.15) is 0 Å². The Balaban J connectivity index is 0.000000557. The van der Waals surface area contributed by atoms with Gasteiger partial charge in [0.1, 0.15) is 6.29 Å². The van der Waals surface area contributed by atoms with Gasteiger partial charge >= 0.3 is 5.97 Å². The fourth-order valence-electron chi connectivity index (χ4n) is 1.01. The largest absolute Gasteiger partial charge is 0.481 e. The molecule has 2 N–H and O–H groups in total. The van der Waals surface area contributed by atoms with Gasteiger partial charge in [0.2, 0.25) is 0 Å². The van der Waals surface area contributed by atoms with Gasteiger partial charge in [-0.25, -0.2) is 0 Å². The van der Waals surface area contributed by atoms with Crippen LogP contribution in [0.1, 0.15) is 36.2 Å². The maximum absolute atomic E-state index is 10.3. The molecule has 0 unspecified atom stereocenters. The second-order valence-electron chi connectivity index (χ2n) is 3.85. The Morgan fingerprint density at radius 3 is 2.12 bits per heavy atom. The summed E-state index contributed by atoms with van der Waals surface area (Å²) >= 11 is 0. The molecule has 0 spiro atoms. The van der Waals surface area contributed by atoms with Gasteiger partial charge in [-0.3, -0.25) is 9.59 Å². The van der Waals surface area contributed by atoms with Crippen molar-refractivity contribution in [3.8, 4) is 0 Å². The van der Waals surface area contributed by atoms with E-state index in [1.807, 2.05) is 0 Å². The Labute approximate surface area is 101 Å². The van der Waals surface area contributed by atoms with Crippen LogP contribution in [0.15, 0.2) is 24.3 Å². The maximum Gasteiger partial charge on any atom is 0.303 e. The smallest absolute Gasteiger partial charge is 0.303 e. The molecule has 94 valence electrons. The van der Waals surface area contributed by atoms with Crippen molar-refractivity contribution in [2.45, 2.75) is 32.8 Å². The second kappa shape index (κ2) is 8.47. The van der Waals surface area contributed by atoms with Crippen molar-refractivity contribution >= 4 is 12.3 Å². The number of aliphatic carboxylic acids is 1. The lowest BCUT2D eigenvalue weighted by Gasteiger charge is -1.97. The van der Waals surface area contributed by atoms with Gasteiger partial charge in [0.05, 0.1) is 0 Å². The number of aliphatic hydroxyl groups excluding tert-OH is 1. The fraction of sp³-hybridized carbons (Fsp3) is 0.385. The summed E-state index contributed by atoms with van der Waals surface area (Å²) in [5, 5.41) is 16.5. The topological polar surface area (TPSA) is 74.6 Å². The summed E-state index contributed by atoms with van der Waals surface area (Å²) in [4.78, 5) is 20.5. The first-order valence-corrected chi connectivity index (χ1v) is 5.39. The number of carbonyl (C=O) groups is 2. The molecular formula is C13H18O4. The monoisotopic (exact) mass is 238 g/mol. The molecule has 0 fully saturated rings. The molecule has 0 atom stereocenters. The van der Waals surface area contributed by atoms with Crippen molar-refractivity contribution in [2.75, 3.05) is 0 Å². The molecule has 0 aliphatic heterocycles. The third-order valence-corrected chi connectivity index (χ3v) is 1.74. The van der Waals surface area contributed by atoms with Crippen LogP contribution in [0.5, 0.6) is 0 Å². The quantitative estimate of drug-likeness (QED) is 0.786. The Hall–Kier alpha value is -1.68. The minimum atomic E-state index is -0.806. The summed E-state index contributed by atoms with van der Waals surface area (Å²) in [6.45, 7) is 3.44. The molecule has 0 amide bonds. The highest BCUT2D eigenvalue weighted by molar-refractivity contribution is 5.74. The Morgan fingerprint density at radius 2 is 1.76 bits per heavy atom. The van der Waals surface area contributed by atoms with Crippen molar-refractivity contribution in [2.24, 2.45) is 0 Å². The number of aliphatic hydroxyl groups is 1. The van der Waals surface area contributed by atoms with E-state index >= 15 is 0 Å². The van der Waals surface area contributed by atoms with Crippen LogP contribution >= 0.6 is 0 Å². The third kappa shape index (κ3) is 9.26. The number of carboxylic acid groups (broad SMARTS) is 1. The SMILES string of the molecule is CC(C)O.O=Cc1ccc(CCC(=O)O)cc1. The van der Waals surface area contributed by atoms with E-state index in [4.69, 9.17) is 10.2 Å². The van der Waals surface area contributed by atoms with E-state index in [1.165, 1.54) is 0 Å². The molecule has 0 aromatic heterocycles. The van der Waals surface area contributed by atoms with Crippen LogP contribution in [-0.2, 0) is 11.2 Å². The molecule has 0 saturated heterocycles. The van der Waals surface area contributed by atoms with Crippen molar-refractivity contribution in [3.05, 3.63) is 35.4 Å². The molecule has 0 bridgehead atoms. The number of carbonyl (C=O) groups excluding carboxylic acids is 1. The number of rotatable bonds is 4. The lowest BCUT2D eigenvalue weighted by Crippen LogP contribution is -1.97. The van der Waals surface area contributed by atoms with Gasteiger partial charge in [-0.15, -0.1) is 0 Å². The van der Waals surface area contributed by atoms with E-state index in [-0.39, 0.29) is 12.5 Å². The van der Waals surface area contributed by atoms with E-state index in [0.717, 1.165) is 11.8 Å². The number of aryl methyl sites for hydroxylation is 1. The Morgan fingerprint density at radius 1 is 1.29 bits per heavy atom. The van der Waals surface area contributed by atoms with E-state index in [1.54, 1.807) is 38.1 Å². The van der Waals surface area contributed by atoms with Crippen LogP contribution in [0, 0.1) is 0 Å². The number of benzene rings is 1. The average Bonchev–Trinajstić information content (AvgIpc) is 2.26. The van der Waals surface area contributed by atoms with Gasteiger partial charge in [0.25, 0.3) is 0 Å². The van der Waals surface area contributed by atoms with Crippen LogP contribution in [0.25, 0.3) is 0 Å². The minimum absolute atomic E-state index is 0.125. The molecule has 4 heteroatoms. The normalized spacial score (nSPS) is 9.41. The first-order valence-electron chi connectivity index (χ1n) is 5.39. The lowest BCUT2D eigenvalue weighted by atomic mass is 10.1. The Kier molecular flexibility index (Phi) is 7.63. The minimum Gasteiger partial charge on any atom is -0.481 e. The zero-order chi connectivity index (χ0) is 13.3. The van der Waals surface area contributed by atoms with Gasteiger partial charge in [-0.05, 0) is 25.8 Å². The van der Waals surface area contributed by atoms with Crippen molar-refractivity contribution in [3.63, 3.8) is 0 Å². The Bertz CT molecular complexity index is 338. The molecular weight excluding hydrogens is 220 g/mol. The number of carboxylic acids is 1. The average molecular weight is 238 g/mol. The van der Waals surface area contributed by atoms with Gasteiger partial charge < -0.3 is 10.2 Å². The molecule has 4 nitrogen and oxygen atoms in total. The first-order chi connectivity index (χ1) is 7.95. The summed E-state index contributed by atoms with van der Waals surface area (Å²) in [6.07, 6.45) is 1.23. The molecule has 1 rings (SSSR count). The van der Waals surface area contributed by atoms with Gasteiger partial charge in [0.15, 0.2) is 0 Å². The number of hydrogen-bond donors (Lipinski definition) is 2. The van der Waals surface area contributed by atoms with Crippen LogP contribution in [0.3, 0.4) is 0 Å². The predicted molar refractivity (Wildman–Crippen MR) is 65.1 cm³/mol. The van der Waals surface area contributed by atoms with Crippen LogP contribution in [0.4, 0.5) is 0 Å². The summed E-state index contributed by atoms with van der Waals surface area (Å²) in [7, 11) is 0. The molecule has 17 heavy (non-hydrogen) atoms. The summed E-state index contributed by atoms with van der Waals surface area (Å²) in [5.74, 6) is -0.806. The first kappa shape index (κ1) is 15.3. The molecule has 0 heterocycles. The predicted octanol–water partition coefficient (Wildman–Crippen LogP) is 1.90. The highest BCUT2D eigenvalue weighted by atomic mass is 16.4. The highest BCUT2D eigenvalue weighted by Crippen LogP contribution is 2.04. The fourth-order valence-corrected chi connectivity index (χ4v) is 1.01. The van der Waals surface area contributed by atoms with Crippen molar-refractivity contribution in [1.82, 2.24) is 0 Å². The zero-order valence-corrected chi connectivity index (χ0v) is 10.1. The van der Waals surface area contributed by atoms with E-state index in [2.05, 4.69) is 0 Å². The van der Waals surface area contributed by atoms with E-state index < -0.39 is 5.97 Å². The van der Waals surface area contributed by atoms with Crippen molar-refractivity contribution in [1.29, 1.82) is 0 Å². The molecule has 1 aromatic carbocycles. The molecule has 0 aliphatic carbocycles. The van der Waals surface area contributed by atoms with Crippen molar-refractivity contribution < 1.29 is 19.8 Å². The summed E-state index contributed by atoms with van der Waals surface area (Å²) in [5.41, 5.74) is 1.55. The van der Waals surface area contributed by atoms with Crippen LogP contribution in [0.2, 0.25) is 0 Å². The summed E-state index contributed by atoms with van der Waals surface area (Å²) < 4.78 is 0. The van der Waals surface area contributed by atoms with Crippen LogP contribution in [-0.4, -0.2) is 28.6 Å². The van der Waals surface area contributed by atoms with Gasteiger partial charge in [0, 0.05) is 18.1 Å². The van der Waals surface area contributed by atoms with Gasteiger partial charge in [-0.1, -0.05) is 24.3 Å². The summed E-state index contributed by atoms with van der Waals surface area (Å²) in [6, 6.07) is 6.91. The molecule has 0 radical (unpaired) electrons. The molecule has 1 aromatic rings. The number of hydrogen-bond acceptors (Lipinski definition) is 3. The van der Waals surface area contributed by atoms with E-state index in [9.17, 15) is 9.59 Å². The third-order valence-electron chi connectivity index (χ3n) is 1.74. The molecule has 0 saturated carbocycles. The molecule has 0 aliphatic rings. The van der Waals surface area contributed by atoms with E-state index in [0.29, 0.717) is 12.0 Å². The van der Waals surface area contributed by atoms with Crippen LogP contribution < -0.4 is 0 Å². The lowest BCUT2D eigenvalue weighted by molar-refractivity contribution is -0.136.